The van der Waals surface area contributed by atoms with Gasteiger partial charge in [-0.05, 0) is 6.07 Å². The number of nitrogens with zero attached hydrogens (tertiary/aromatic N) is 2. The van der Waals surface area contributed by atoms with Crippen molar-refractivity contribution in [3.05, 3.63) is 34.1 Å². The topological polar surface area (TPSA) is 84.7 Å². The summed E-state index contributed by atoms with van der Waals surface area (Å²) in [5.41, 5.74) is -0.134. The van der Waals surface area contributed by atoms with Gasteiger partial charge in [0.05, 0.1) is 18.1 Å². The summed E-state index contributed by atoms with van der Waals surface area (Å²) in [4.78, 5) is 23.8. The van der Waals surface area contributed by atoms with E-state index in [0.29, 0.717) is 26.3 Å². The number of carbonyl (C=O) groups excluding carboxylic acids is 1. The van der Waals surface area contributed by atoms with Crippen molar-refractivity contribution in [2.45, 2.75) is 6.42 Å². The predicted molar refractivity (Wildman–Crippen MR) is 73.6 cm³/mol. The number of rotatable bonds is 5. The highest BCUT2D eigenvalue weighted by Gasteiger charge is 2.18. The van der Waals surface area contributed by atoms with Crippen molar-refractivity contribution in [1.82, 2.24) is 4.90 Å². The maximum absolute atomic E-state index is 13.1. The number of nitro benzene ring substituents is 1. The lowest BCUT2D eigenvalue weighted by molar-refractivity contribution is -0.384. The van der Waals surface area contributed by atoms with Gasteiger partial charge in [0, 0.05) is 38.2 Å². The van der Waals surface area contributed by atoms with E-state index in [1.807, 2.05) is 0 Å². The Morgan fingerprint density at radius 3 is 2.81 bits per heavy atom. The minimum absolute atomic E-state index is 0.0511. The van der Waals surface area contributed by atoms with Gasteiger partial charge in [0.25, 0.3) is 5.69 Å². The zero-order valence-electron chi connectivity index (χ0n) is 11.4. The lowest BCUT2D eigenvalue weighted by atomic mass is 10.2. The number of ether oxygens (including phenoxy) is 1. The van der Waals surface area contributed by atoms with Gasteiger partial charge in [-0.2, -0.15) is 0 Å². The molecular formula is C13H16FN3O4. The van der Waals surface area contributed by atoms with Crippen LogP contribution in [0, 0.1) is 15.9 Å². The summed E-state index contributed by atoms with van der Waals surface area (Å²) in [6.07, 6.45) is 0.188. The molecule has 1 fully saturated rings. The molecule has 2 rings (SSSR count). The maximum atomic E-state index is 13.1. The molecule has 0 spiro atoms. The Hall–Kier alpha value is -2.22. The lowest BCUT2D eigenvalue weighted by Gasteiger charge is -2.26. The Kier molecular flexibility index (Phi) is 5.04. The van der Waals surface area contributed by atoms with Crippen molar-refractivity contribution in [2.75, 3.05) is 38.2 Å². The average molecular weight is 297 g/mol. The van der Waals surface area contributed by atoms with Crippen LogP contribution in [0.25, 0.3) is 0 Å². The predicted octanol–water partition coefficient (Wildman–Crippen LogP) is 1.39. The van der Waals surface area contributed by atoms with E-state index in [9.17, 15) is 19.3 Å². The summed E-state index contributed by atoms with van der Waals surface area (Å²) in [5, 5.41) is 13.6. The van der Waals surface area contributed by atoms with Crippen molar-refractivity contribution < 1.29 is 18.8 Å². The summed E-state index contributed by atoms with van der Waals surface area (Å²) in [6, 6.07) is 3.18. The summed E-state index contributed by atoms with van der Waals surface area (Å²) in [7, 11) is 0. The number of halogens is 1. The van der Waals surface area contributed by atoms with Crippen molar-refractivity contribution in [3.63, 3.8) is 0 Å². The minimum Gasteiger partial charge on any atom is -0.379 e. The number of hydrogen-bond acceptors (Lipinski definition) is 5. The third kappa shape index (κ3) is 4.12. The van der Waals surface area contributed by atoms with Crippen LogP contribution in [0.15, 0.2) is 18.2 Å². The second-order valence-corrected chi connectivity index (χ2v) is 4.59. The highest BCUT2D eigenvalue weighted by Crippen LogP contribution is 2.24. The van der Waals surface area contributed by atoms with Gasteiger partial charge in [-0.25, -0.2) is 4.39 Å². The number of carbonyl (C=O) groups is 1. The zero-order chi connectivity index (χ0) is 15.2. The fourth-order valence-electron chi connectivity index (χ4n) is 2.08. The van der Waals surface area contributed by atoms with Gasteiger partial charge in [-0.15, -0.1) is 0 Å². The number of anilines is 1. The molecule has 1 N–H and O–H groups in total. The molecule has 1 aromatic carbocycles. The molecule has 114 valence electrons. The van der Waals surface area contributed by atoms with Gasteiger partial charge >= 0.3 is 0 Å². The third-order valence-electron chi connectivity index (χ3n) is 3.17. The molecule has 1 aliphatic heterocycles. The third-order valence-corrected chi connectivity index (χ3v) is 3.17. The summed E-state index contributed by atoms with van der Waals surface area (Å²) < 4.78 is 18.3. The van der Waals surface area contributed by atoms with E-state index >= 15 is 0 Å². The SMILES string of the molecule is O=C(CCNc1cc(F)ccc1[N+](=O)[O-])N1CCOCC1. The number of hydrogen-bond donors (Lipinski definition) is 1. The molecular weight excluding hydrogens is 281 g/mol. The van der Waals surface area contributed by atoms with E-state index in [4.69, 9.17) is 4.74 Å². The first kappa shape index (κ1) is 15.2. The van der Waals surface area contributed by atoms with E-state index in [0.717, 1.165) is 18.2 Å². The van der Waals surface area contributed by atoms with E-state index in [2.05, 4.69) is 5.32 Å². The second kappa shape index (κ2) is 6.98. The van der Waals surface area contributed by atoms with Gasteiger partial charge in [0.15, 0.2) is 0 Å². The first-order valence-corrected chi connectivity index (χ1v) is 6.61. The first-order chi connectivity index (χ1) is 10.1. The molecule has 0 aliphatic carbocycles. The Morgan fingerprint density at radius 1 is 1.43 bits per heavy atom. The van der Waals surface area contributed by atoms with E-state index in [1.54, 1.807) is 4.90 Å². The number of morpholine rings is 1. The number of nitro groups is 1. The van der Waals surface area contributed by atoms with Crippen molar-refractivity contribution >= 4 is 17.3 Å². The Balaban J connectivity index is 1.89. The molecule has 0 saturated carbocycles. The zero-order valence-corrected chi connectivity index (χ0v) is 11.4. The number of benzene rings is 1. The molecule has 1 aromatic rings. The minimum atomic E-state index is -0.592. The molecule has 1 aliphatic rings. The highest BCUT2D eigenvalue weighted by molar-refractivity contribution is 5.77. The quantitative estimate of drug-likeness (QED) is 0.656. The van der Waals surface area contributed by atoms with Crippen molar-refractivity contribution in [3.8, 4) is 0 Å². The van der Waals surface area contributed by atoms with Crippen LogP contribution in [0.3, 0.4) is 0 Å². The molecule has 0 aromatic heterocycles. The van der Waals surface area contributed by atoms with Gasteiger partial charge in [0.1, 0.15) is 11.5 Å². The molecule has 0 radical (unpaired) electrons. The van der Waals surface area contributed by atoms with Crippen LogP contribution in [-0.4, -0.2) is 48.6 Å². The van der Waals surface area contributed by atoms with Crippen LogP contribution in [0.2, 0.25) is 0 Å². The van der Waals surface area contributed by atoms with Gasteiger partial charge < -0.3 is 15.0 Å². The van der Waals surface area contributed by atoms with Crippen LogP contribution >= 0.6 is 0 Å². The van der Waals surface area contributed by atoms with Crippen LogP contribution in [0.5, 0.6) is 0 Å². The van der Waals surface area contributed by atoms with Gasteiger partial charge in [-0.3, -0.25) is 14.9 Å². The van der Waals surface area contributed by atoms with E-state index < -0.39 is 10.7 Å². The molecule has 1 amide bonds. The molecule has 7 nitrogen and oxygen atoms in total. The summed E-state index contributed by atoms with van der Waals surface area (Å²) >= 11 is 0. The Labute approximate surface area is 120 Å². The van der Waals surface area contributed by atoms with Crippen LogP contribution in [0.4, 0.5) is 15.8 Å². The Bertz CT molecular complexity index is 532. The molecule has 8 heteroatoms. The molecule has 0 unspecified atom stereocenters. The fourth-order valence-corrected chi connectivity index (χ4v) is 2.08. The fraction of sp³-hybridized carbons (Fsp3) is 0.462. The lowest BCUT2D eigenvalue weighted by Crippen LogP contribution is -2.41. The van der Waals surface area contributed by atoms with Crippen LogP contribution in [0.1, 0.15) is 6.42 Å². The molecule has 1 heterocycles. The largest absolute Gasteiger partial charge is 0.379 e. The second-order valence-electron chi connectivity index (χ2n) is 4.59. The highest BCUT2D eigenvalue weighted by atomic mass is 19.1. The van der Waals surface area contributed by atoms with Crippen molar-refractivity contribution in [2.24, 2.45) is 0 Å². The number of amides is 1. The number of nitrogens with one attached hydrogen (secondary N) is 1. The first-order valence-electron chi connectivity index (χ1n) is 6.61. The maximum Gasteiger partial charge on any atom is 0.292 e. The van der Waals surface area contributed by atoms with Gasteiger partial charge in [0.2, 0.25) is 5.91 Å². The van der Waals surface area contributed by atoms with E-state index in [-0.39, 0.29) is 30.2 Å². The molecule has 21 heavy (non-hydrogen) atoms. The normalized spacial score (nSPS) is 14.8. The molecule has 1 saturated heterocycles. The average Bonchev–Trinajstić information content (AvgIpc) is 2.48. The van der Waals surface area contributed by atoms with Crippen molar-refractivity contribution in [1.29, 1.82) is 0 Å². The van der Waals surface area contributed by atoms with Gasteiger partial charge in [-0.1, -0.05) is 0 Å². The Morgan fingerprint density at radius 2 is 2.14 bits per heavy atom. The smallest absolute Gasteiger partial charge is 0.292 e. The summed E-state index contributed by atoms with van der Waals surface area (Å²) in [5.74, 6) is -0.618. The molecule has 0 atom stereocenters. The van der Waals surface area contributed by atoms with Crippen LogP contribution in [-0.2, 0) is 9.53 Å². The summed E-state index contributed by atoms with van der Waals surface area (Å²) in [6.45, 7) is 2.36. The molecule has 0 bridgehead atoms. The van der Waals surface area contributed by atoms with Crippen LogP contribution < -0.4 is 5.32 Å². The standard InChI is InChI=1S/C13H16FN3O4/c14-10-1-2-12(17(19)20)11(9-10)15-4-3-13(18)16-5-7-21-8-6-16/h1-2,9,15H,3-8H2. The monoisotopic (exact) mass is 297 g/mol. The van der Waals surface area contributed by atoms with E-state index in [1.165, 1.54) is 0 Å².